The summed E-state index contributed by atoms with van der Waals surface area (Å²) in [5.41, 5.74) is 0.726. The van der Waals surface area contributed by atoms with Crippen LogP contribution < -0.4 is 4.74 Å². The van der Waals surface area contributed by atoms with Gasteiger partial charge < -0.3 is 9.47 Å². The standard InChI is InChI=1S/C14H17FO3/c1-3-6-17-14-11(16)8-13(14)18-12-5-4-10(15)7-9(12)2/h4-5,7,13-14H,3,6,8H2,1-2H3. The van der Waals surface area contributed by atoms with E-state index in [9.17, 15) is 9.18 Å². The monoisotopic (exact) mass is 252 g/mol. The van der Waals surface area contributed by atoms with Crippen molar-refractivity contribution in [3.8, 4) is 5.75 Å². The van der Waals surface area contributed by atoms with E-state index < -0.39 is 6.10 Å². The van der Waals surface area contributed by atoms with Crippen LogP contribution in [0, 0.1) is 12.7 Å². The average molecular weight is 252 g/mol. The molecule has 2 unspecified atom stereocenters. The van der Waals surface area contributed by atoms with Gasteiger partial charge in [-0.3, -0.25) is 4.79 Å². The van der Waals surface area contributed by atoms with Crippen LogP contribution in [0.5, 0.6) is 5.75 Å². The molecule has 1 fully saturated rings. The third-order valence-electron chi connectivity index (χ3n) is 2.97. The quantitative estimate of drug-likeness (QED) is 0.808. The number of hydrogen-bond donors (Lipinski definition) is 0. The van der Waals surface area contributed by atoms with Crippen LogP contribution in [0.1, 0.15) is 25.3 Å². The predicted molar refractivity (Wildman–Crippen MR) is 65.2 cm³/mol. The maximum absolute atomic E-state index is 13.0. The Balaban J connectivity index is 1.99. The summed E-state index contributed by atoms with van der Waals surface area (Å²) in [6, 6.07) is 4.35. The molecule has 0 amide bonds. The highest BCUT2D eigenvalue weighted by atomic mass is 19.1. The number of Topliss-reactive ketones (excluding diaryl/α,β-unsaturated/α-hetero) is 1. The van der Waals surface area contributed by atoms with E-state index in [1.807, 2.05) is 6.92 Å². The fraction of sp³-hybridized carbons (Fsp3) is 0.500. The van der Waals surface area contributed by atoms with E-state index in [1.165, 1.54) is 12.1 Å². The molecule has 98 valence electrons. The molecule has 1 aromatic rings. The zero-order valence-electron chi connectivity index (χ0n) is 10.6. The third-order valence-corrected chi connectivity index (χ3v) is 2.97. The minimum atomic E-state index is -0.464. The molecule has 0 radical (unpaired) electrons. The summed E-state index contributed by atoms with van der Waals surface area (Å²) >= 11 is 0. The molecule has 0 bridgehead atoms. The molecule has 0 aromatic heterocycles. The molecule has 18 heavy (non-hydrogen) atoms. The van der Waals surface area contributed by atoms with Gasteiger partial charge in [0.2, 0.25) is 0 Å². The highest BCUT2D eigenvalue weighted by Crippen LogP contribution is 2.28. The molecule has 0 N–H and O–H groups in total. The van der Waals surface area contributed by atoms with Gasteiger partial charge in [0.05, 0.1) is 0 Å². The van der Waals surface area contributed by atoms with Crippen LogP contribution in [0.25, 0.3) is 0 Å². The Morgan fingerprint density at radius 3 is 2.83 bits per heavy atom. The summed E-state index contributed by atoms with van der Waals surface area (Å²) in [7, 11) is 0. The second-order valence-corrected chi connectivity index (χ2v) is 4.53. The van der Waals surface area contributed by atoms with Crippen molar-refractivity contribution in [2.75, 3.05) is 6.61 Å². The number of carbonyl (C=O) groups is 1. The number of carbonyl (C=O) groups excluding carboxylic acids is 1. The van der Waals surface area contributed by atoms with Gasteiger partial charge in [-0.1, -0.05) is 6.92 Å². The van der Waals surface area contributed by atoms with Gasteiger partial charge in [-0.15, -0.1) is 0 Å². The second-order valence-electron chi connectivity index (χ2n) is 4.53. The molecule has 0 spiro atoms. The van der Waals surface area contributed by atoms with Gasteiger partial charge in [0.25, 0.3) is 0 Å². The molecular weight excluding hydrogens is 235 g/mol. The number of halogens is 1. The number of ketones is 1. The van der Waals surface area contributed by atoms with Gasteiger partial charge >= 0.3 is 0 Å². The molecule has 0 saturated heterocycles. The second kappa shape index (κ2) is 5.48. The van der Waals surface area contributed by atoms with Gasteiger partial charge in [-0.2, -0.15) is 0 Å². The third kappa shape index (κ3) is 2.70. The molecule has 3 nitrogen and oxygen atoms in total. The lowest BCUT2D eigenvalue weighted by Crippen LogP contribution is -2.52. The fourth-order valence-corrected chi connectivity index (χ4v) is 1.93. The molecular formula is C14H17FO3. The van der Waals surface area contributed by atoms with Crippen LogP contribution in [0.2, 0.25) is 0 Å². The van der Waals surface area contributed by atoms with Crippen molar-refractivity contribution in [1.82, 2.24) is 0 Å². The average Bonchev–Trinajstić information content (AvgIpc) is 2.32. The molecule has 1 aromatic carbocycles. The van der Waals surface area contributed by atoms with Crippen molar-refractivity contribution >= 4 is 5.78 Å². The zero-order valence-corrected chi connectivity index (χ0v) is 10.6. The maximum Gasteiger partial charge on any atom is 0.169 e. The zero-order chi connectivity index (χ0) is 13.1. The van der Waals surface area contributed by atoms with E-state index >= 15 is 0 Å². The summed E-state index contributed by atoms with van der Waals surface area (Å²) in [6.45, 7) is 4.32. The van der Waals surface area contributed by atoms with Crippen LogP contribution in [0.15, 0.2) is 18.2 Å². The number of rotatable bonds is 5. The molecule has 1 saturated carbocycles. The van der Waals surface area contributed by atoms with Gasteiger partial charge in [0.15, 0.2) is 11.9 Å². The number of hydrogen-bond acceptors (Lipinski definition) is 3. The lowest BCUT2D eigenvalue weighted by Gasteiger charge is -2.35. The normalized spacial score (nSPS) is 22.7. The van der Waals surface area contributed by atoms with Crippen molar-refractivity contribution in [3.05, 3.63) is 29.6 Å². The number of ether oxygens (including phenoxy) is 2. The van der Waals surface area contributed by atoms with Gasteiger partial charge in [-0.25, -0.2) is 4.39 Å². The summed E-state index contributed by atoms with van der Waals surface area (Å²) in [5, 5.41) is 0. The van der Waals surface area contributed by atoms with E-state index in [-0.39, 0.29) is 17.7 Å². The molecule has 1 aliphatic rings. The van der Waals surface area contributed by atoms with Crippen LogP contribution in [-0.2, 0) is 9.53 Å². The van der Waals surface area contributed by atoms with Crippen LogP contribution in [-0.4, -0.2) is 24.6 Å². The van der Waals surface area contributed by atoms with E-state index in [0.29, 0.717) is 18.8 Å². The van der Waals surface area contributed by atoms with Crippen molar-refractivity contribution in [2.24, 2.45) is 0 Å². The Kier molecular flexibility index (Phi) is 3.97. The van der Waals surface area contributed by atoms with E-state index in [0.717, 1.165) is 12.0 Å². The Morgan fingerprint density at radius 2 is 2.22 bits per heavy atom. The van der Waals surface area contributed by atoms with Crippen molar-refractivity contribution in [1.29, 1.82) is 0 Å². The maximum atomic E-state index is 13.0. The minimum Gasteiger partial charge on any atom is -0.486 e. The Labute approximate surface area is 106 Å². The van der Waals surface area contributed by atoms with Gasteiger partial charge in [0, 0.05) is 13.0 Å². The summed E-state index contributed by atoms with van der Waals surface area (Å²) in [5.74, 6) is 0.399. The van der Waals surface area contributed by atoms with Crippen LogP contribution in [0.4, 0.5) is 4.39 Å². The first-order valence-corrected chi connectivity index (χ1v) is 6.19. The van der Waals surface area contributed by atoms with Crippen molar-refractivity contribution in [2.45, 2.75) is 38.9 Å². The molecule has 4 heteroatoms. The minimum absolute atomic E-state index is 0.0771. The SMILES string of the molecule is CCCOC1C(=O)CC1Oc1ccc(F)cc1C. The summed E-state index contributed by atoms with van der Waals surface area (Å²) < 4.78 is 24.1. The fourth-order valence-electron chi connectivity index (χ4n) is 1.93. The predicted octanol–water partition coefficient (Wildman–Crippen LogP) is 2.65. The largest absolute Gasteiger partial charge is 0.486 e. The lowest BCUT2D eigenvalue weighted by molar-refractivity contribution is -0.154. The first-order chi connectivity index (χ1) is 8.61. The van der Waals surface area contributed by atoms with Crippen LogP contribution >= 0.6 is 0 Å². The summed E-state index contributed by atoms with van der Waals surface area (Å²) in [6.07, 6.45) is 0.527. The highest BCUT2D eigenvalue weighted by Gasteiger charge is 2.42. The Morgan fingerprint density at radius 1 is 1.44 bits per heavy atom. The molecule has 0 heterocycles. The molecule has 0 aliphatic heterocycles. The molecule has 2 rings (SSSR count). The van der Waals surface area contributed by atoms with Gasteiger partial charge in [-0.05, 0) is 37.1 Å². The topological polar surface area (TPSA) is 35.5 Å². The number of benzene rings is 1. The van der Waals surface area contributed by atoms with E-state index in [4.69, 9.17) is 9.47 Å². The number of aryl methyl sites for hydroxylation is 1. The molecule has 1 aliphatic carbocycles. The molecule has 2 atom stereocenters. The summed E-state index contributed by atoms with van der Waals surface area (Å²) in [4.78, 5) is 11.4. The first kappa shape index (κ1) is 13.0. The Hall–Kier alpha value is -1.42. The van der Waals surface area contributed by atoms with Crippen molar-refractivity contribution in [3.63, 3.8) is 0 Å². The highest BCUT2D eigenvalue weighted by molar-refractivity contribution is 5.90. The van der Waals surface area contributed by atoms with Crippen molar-refractivity contribution < 1.29 is 18.7 Å². The first-order valence-electron chi connectivity index (χ1n) is 6.19. The van der Waals surface area contributed by atoms with Gasteiger partial charge in [0.1, 0.15) is 17.7 Å². The van der Waals surface area contributed by atoms with E-state index in [2.05, 4.69) is 0 Å². The lowest BCUT2D eigenvalue weighted by atomic mass is 9.90. The van der Waals surface area contributed by atoms with E-state index in [1.54, 1.807) is 13.0 Å². The van der Waals surface area contributed by atoms with Crippen LogP contribution in [0.3, 0.4) is 0 Å². The Bertz CT molecular complexity index is 445. The smallest absolute Gasteiger partial charge is 0.169 e.